The van der Waals surface area contributed by atoms with E-state index < -0.39 is 9.84 Å². The molecule has 0 aliphatic carbocycles. The van der Waals surface area contributed by atoms with E-state index in [1.54, 1.807) is 18.3 Å². The molecule has 3 rings (SSSR count). The van der Waals surface area contributed by atoms with E-state index >= 15 is 0 Å². The highest BCUT2D eigenvalue weighted by Gasteiger charge is 2.42. The molecule has 2 saturated heterocycles. The van der Waals surface area contributed by atoms with Crippen molar-refractivity contribution in [2.75, 3.05) is 11.2 Å². The topological polar surface area (TPSA) is 70.5 Å². The van der Waals surface area contributed by atoms with Crippen LogP contribution in [0.2, 0.25) is 0 Å². The van der Waals surface area contributed by atoms with Crippen LogP contribution in [0.4, 0.5) is 5.82 Å². The van der Waals surface area contributed by atoms with Crippen LogP contribution in [-0.4, -0.2) is 43.0 Å². The smallest absolute Gasteiger partial charge is 0.179 e. The van der Waals surface area contributed by atoms with Crippen LogP contribution in [0.1, 0.15) is 25.7 Å². The quantitative estimate of drug-likeness (QED) is 0.875. The Balaban J connectivity index is 2.05. The molecule has 0 aromatic carbocycles. The van der Waals surface area contributed by atoms with Crippen LogP contribution < -0.4 is 4.90 Å². The van der Waals surface area contributed by atoms with Crippen LogP contribution in [0.3, 0.4) is 0 Å². The molecule has 1 N–H and O–H groups in total. The first-order valence-corrected chi connectivity index (χ1v) is 8.47. The number of fused-ring (bicyclic) bond motifs is 2. The number of nitrogens with zero attached hydrogens (tertiary/aromatic N) is 2. The van der Waals surface area contributed by atoms with E-state index in [1.807, 2.05) is 0 Å². The maximum atomic E-state index is 11.9. The maximum Gasteiger partial charge on any atom is 0.179 e. The normalized spacial score (nSPS) is 30.6. The lowest BCUT2D eigenvalue weighted by atomic mass is 10.00. The third kappa shape index (κ3) is 2.23. The standard InChI is InChI=1S/C13H18N2O3S/c1-19(17,18)12-3-2-6-14-13(12)15-9-4-5-10(15)8-11(16)7-9/h2-3,6,9-11,16H,4-5,7-8H2,1H3. The molecule has 2 fully saturated rings. The lowest BCUT2D eigenvalue weighted by molar-refractivity contribution is 0.126. The average molecular weight is 282 g/mol. The Morgan fingerprint density at radius 3 is 2.53 bits per heavy atom. The van der Waals surface area contributed by atoms with Gasteiger partial charge in [-0.25, -0.2) is 13.4 Å². The van der Waals surface area contributed by atoms with Crippen molar-refractivity contribution in [1.82, 2.24) is 4.98 Å². The highest BCUT2D eigenvalue weighted by Crippen LogP contribution is 2.40. The van der Waals surface area contributed by atoms with Gasteiger partial charge in [0.1, 0.15) is 10.7 Å². The van der Waals surface area contributed by atoms with E-state index in [9.17, 15) is 13.5 Å². The van der Waals surface area contributed by atoms with Gasteiger partial charge >= 0.3 is 0 Å². The minimum absolute atomic E-state index is 0.212. The van der Waals surface area contributed by atoms with Gasteiger partial charge in [0.15, 0.2) is 9.84 Å². The van der Waals surface area contributed by atoms with Crippen LogP contribution in [0.25, 0.3) is 0 Å². The van der Waals surface area contributed by atoms with E-state index in [-0.39, 0.29) is 18.2 Å². The summed E-state index contributed by atoms with van der Waals surface area (Å²) in [6.07, 6.45) is 6.00. The minimum Gasteiger partial charge on any atom is -0.393 e. The zero-order chi connectivity index (χ0) is 13.6. The second-order valence-electron chi connectivity index (χ2n) is 5.51. The number of aliphatic hydroxyl groups excluding tert-OH is 1. The Kier molecular flexibility index (Phi) is 3.02. The lowest BCUT2D eigenvalue weighted by Crippen LogP contribution is -2.45. The lowest BCUT2D eigenvalue weighted by Gasteiger charge is -2.38. The van der Waals surface area contributed by atoms with Crippen molar-refractivity contribution in [3.05, 3.63) is 18.3 Å². The van der Waals surface area contributed by atoms with Gasteiger partial charge in [-0.1, -0.05) is 0 Å². The van der Waals surface area contributed by atoms with Gasteiger partial charge in [-0.05, 0) is 37.8 Å². The predicted octanol–water partition coefficient (Wildman–Crippen LogP) is 0.977. The highest BCUT2D eigenvalue weighted by atomic mass is 32.2. The van der Waals surface area contributed by atoms with Crippen molar-refractivity contribution >= 4 is 15.7 Å². The fraction of sp³-hybridized carbons (Fsp3) is 0.615. The van der Waals surface area contributed by atoms with Gasteiger partial charge in [0.2, 0.25) is 0 Å². The van der Waals surface area contributed by atoms with Gasteiger partial charge in [0, 0.05) is 24.5 Å². The number of aliphatic hydroxyl groups is 1. The molecule has 0 radical (unpaired) electrons. The molecule has 2 unspecified atom stereocenters. The minimum atomic E-state index is -3.28. The van der Waals surface area contributed by atoms with E-state index in [0.29, 0.717) is 23.6 Å². The SMILES string of the molecule is CS(=O)(=O)c1cccnc1N1C2CCC1CC(O)C2. The Labute approximate surface area is 113 Å². The molecule has 0 saturated carbocycles. The van der Waals surface area contributed by atoms with Crippen LogP contribution in [0.5, 0.6) is 0 Å². The summed E-state index contributed by atoms with van der Waals surface area (Å²) in [5, 5.41) is 9.82. The number of aromatic nitrogens is 1. The van der Waals surface area contributed by atoms with Crippen LogP contribution >= 0.6 is 0 Å². The van der Waals surface area contributed by atoms with Gasteiger partial charge in [0.05, 0.1) is 6.10 Å². The molecule has 3 heterocycles. The number of anilines is 1. The third-order valence-corrected chi connectivity index (χ3v) is 5.22. The zero-order valence-corrected chi connectivity index (χ0v) is 11.7. The molecule has 6 heteroatoms. The molecule has 0 amide bonds. The van der Waals surface area contributed by atoms with Crippen molar-refractivity contribution in [3.63, 3.8) is 0 Å². The first kappa shape index (κ1) is 12.9. The summed E-state index contributed by atoms with van der Waals surface area (Å²) in [6.45, 7) is 0. The third-order valence-electron chi connectivity index (χ3n) is 4.10. The molecule has 2 aliphatic heterocycles. The highest BCUT2D eigenvalue weighted by molar-refractivity contribution is 7.90. The van der Waals surface area contributed by atoms with Crippen LogP contribution in [0.15, 0.2) is 23.2 Å². The van der Waals surface area contributed by atoms with E-state index in [0.717, 1.165) is 12.8 Å². The molecule has 2 atom stereocenters. The van der Waals surface area contributed by atoms with Crippen molar-refractivity contribution < 1.29 is 13.5 Å². The summed E-state index contributed by atoms with van der Waals surface area (Å²) in [5.41, 5.74) is 0. The van der Waals surface area contributed by atoms with Crippen LogP contribution in [-0.2, 0) is 9.84 Å². The Morgan fingerprint density at radius 1 is 1.32 bits per heavy atom. The molecule has 5 nitrogen and oxygen atoms in total. The number of pyridine rings is 1. The van der Waals surface area contributed by atoms with E-state index in [1.165, 1.54) is 6.26 Å². The Hall–Kier alpha value is -1.14. The summed E-state index contributed by atoms with van der Waals surface area (Å²) in [5.74, 6) is 0.560. The molecule has 2 bridgehead atoms. The Bertz CT molecular complexity index is 573. The molecular weight excluding hydrogens is 264 g/mol. The molecule has 0 spiro atoms. The van der Waals surface area contributed by atoms with Crippen molar-refractivity contribution in [3.8, 4) is 0 Å². The summed E-state index contributed by atoms with van der Waals surface area (Å²) in [6, 6.07) is 3.69. The summed E-state index contributed by atoms with van der Waals surface area (Å²) in [4.78, 5) is 6.71. The molecular formula is C13H18N2O3S. The second kappa shape index (κ2) is 4.45. The monoisotopic (exact) mass is 282 g/mol. The fourth-order valence-electron chi connectivity index (χ4n) is 3.36. The predicted molar refractivity (Wildman–Crippen MR) is 71.9 cm³/mol. The summed E-state index contributed by atoms with van der Waals surface area (Å²) >= 11 is 0. The first-order valence-electron chi connectivity index (χ1n) is 6.58. The first-order chi connectivity index (χ1) is 8.97. The zero-order valence-electron chi connectivity index (χ0n) is 10.9. The second-order valence-corrected chi connectivity index (χ2v) is 7.50. The largest absolute Gasteiger partial charge is 0.393 e. The van der Waals surface area contributed by atoms with Crippen molar-refractivity contribution in [1.29, 1.82) is 0 Å². The average Bonchev–Trinajstić information content (AvgIpc) is 2.60. The van der Waals surface area contributed by atoms with Gasteiger partial charge in [0.25, 0.3) is 0 Å². The molecule has 2 aliphatic rings. The van der Waals surface area contributed by atoms with Gasteiger partial charge in [-0.3, -0.25) is 0 Å². The summed E-state index contributed by atoms with van der Waals surface area (Å²) in [7, 11) is -3.28. The number of hydrogen-bond donors (Lipinski definition) is 1. The molecule has 1 aromatic heterocycles. The molecule has 104 valence electrons. The summed E-state index contributed by atoms with van der Waals surface area (Å²) < 4.78 is 23.8. The number of piperidine rings is 1. The van der Waals surface area contributed by atoms with Gasteiger partial charge in [-0.15, -0.1) is 0 Å². The Morgan fingerprint density at radius 2 is 1.95 bits per heavy atom. The molecule has 1 aromatic rings. The van der Waals surface area contributed by atoms with Gasteiger partial charge in [-0.2, -0.15) is 0 Å². The number of sulfone groups is 1. The van der Waals surface area contributed by atoms with Crippen molar-refractivity contribution in [2.24, 2.45) is 0 Å². The van der Waals surface area contributed by atoms with Crippen molar-refractivity contribution in [2.45, 2.75) is 48.8 Å². The van der Waals surface area contributed by atoms with Crippen LogP contribution in [0, 0.1) is 0 Å². The number of hydrogen-bond acceptors (Lipinski definition) is 5. The fourth-order valence-corrected chi connectivity index (χ4v) is 4.18. The van der Waals surface area contributed by atoms with Gasteiger partial charge < -0.3 is 10.0 Å². The van der Waals surface area contributed by atoms with E-state index in [4.69, 9.17) is 0 Å². The molecule has 19 heavy (non-hydrogen) atoms. The number of rotatable bonds is 2. The maximum absolute atomic E-state index is 11.9. The van der Waals surface area contributed by atoms with E-state index in [2.05, 4.69) is 9.88 Å².